The molecule has 0 saturated heterocycles. The number of hydrogen-bond donors (Lipinski definition) is 3. The third-order valence-corrected chi connectivity index (χ3v) is 4.38. The molecule has 0 amide bonds. The van der Waals surface area contributed by atoms with E-state index in [1.807, 2.05) is 0 Å². The Labute approximate surface area is 132 Å². The van der Waals surface area contributed by atoms with Gasteiger partial charge in [-0.3, -0.25) is 0 Å². The molecule has 0 aromatic carbocycles. The standard InChI is InChI=1S/C18H39NO2/c1-2-3-4-5-6-7-8-9-10-11-12-13-14-15-18(21)17(19)16-20/h17-18,20-21H,2-16,19H2,1H3/p+1/t17-,18-/m1/s1. The average molecular weight is 303 g/mol. The molecule has 0 aliphatic carbocycles. The van der Waals surface area contributed by atoms with Gasteiger partial charge in [-0.25, -0.2) is 0 Å². The van der Waals surface area contributed by atoms with Gasteiger partial charge in [-0.1, -0.05) is 90.4 Å². The predicted molar refractivity (Wildman–Crippen MR) is 90.1 cm³/mol. The highest BCUT2D eigenvalue weighted by atomic mass is 16.3. The van der Waals surface area contributed by atoms with Gasteiger partial charge in [0.25, 0.3) is 0 Å². The van der Waals surface area contributed by atoms with Crippen LogP contribution in [0.4, 0.5) is 0 Å². The van der Waals surface area contributed by atoms with Crippen LogP contribution < -0.4 is 5.73 Å². The summed E-state index contributed by atoms with van der Waals surface area (Å²) in [5.41, 5.74) is 3.74. The van der Waals surface area contributed by atoms with Crippen molar-refractivity contribution in [3.8, 4) is 0 Å². The van der Waals surface area contributed by atoms with E-state index in [4.69, 9.17) is 5.11 Å². The summed E-state index contributed by atoms with van der Waals surface area (Å²) in [6, 6.07) is -0.220. The highest BCUT2D eigenvalue weighted by Gasteiger charge is 2.15. The van der Waals surface area contributed by atoms with Crippen LogP contribution >= 0.6 is 0 Å². The first-order chi connectivity index (χ1) is 10.2. The van der Waals surface area contributed by atoms with Crippen LogP contribution in [0.2, 0.25) is 0 Å². The fourth-order valence-electron chi connectivity index (χ4n) is 2.73. The molecule has 0 heterocycles. The van der Waals surface area contributed by atoms with Gasteiger partial charge in [-0.05, 0) is 6.42 Å². The first kappa shape index (κ1) is 20.9. The number of hydrogen-bond acceptors (Lipinski definition) is 2. The molecular weight excluding hydrogens is 262 g/mol. The van der Waals surface area contributed by atoms with Crippen LogP contribution in [0.25, 0.3) is 0 Å². The Balaban J connectivity index is 3.09. The van der Waals surface area contributed by atoms with Crippen LogP contribution in [0, 0.1) is 0 Å². The van der Waals surface area contributed by atoms with E-state index in [1.54, 1.807) is 0 Å². The summed E-state index contributed by atoms with van der Waals surface area (Å²) in [6.07, 6.45) is 17.8. The Kier molecular flexibility index (Phi) is 16.2. The second-order valence-corrected chi connectivity index (χ2v) is 6.54. The Morgan fingerprint density at radius 1 is 0.714 bits per heavy atom. The summed E-state index contributed by atoms with van der Waals surface area (Å²) in [5.74, 6) is 0. The lowest BCUT2D eigenvalue weighted by molar-refractivity contribution is -0.443. The zero-order valence-corrected chi connectivity index (χ0v) is 14.4. The molecule has 0 rings (SSSR count). The number of aliphatic hydroxyl groups excluding tert-OH is 2. The van der Waals surface area contributed by atoms with Crippen molar-refractivity contribution < 1.29 is 15.9 Å². The SMILES string of the molecule is CCCCCCCCCCCCCCC[C@@H](O)[C@H]([NH3+])CO. The van der Waals surface area contributed by atoms with Gasteiger partial charge < -0.3 is 15.9 Å². The third-order valence-electron chi connectivity index (χ3n) is 4.38. The van der Waals surface area contributed by atoms with Crippen molar-refractivity contribution >= 4 is 0 Å². The second-order valence-electron chi connectivity index (χ2n) is 6.54. The van der Waals surface area contributed by atoms with Crippen LogP contribution in [0.3, 0.4) is 0 Å². The van der Waals surface area contributed by atoms with Gasteiger partial charge in [0.2, 0.25) is 0 Å². The van der Waals surface area contributed by atoms with Crippen molar-refractivity contribution in [3.05, 3.63) is 0 Å². The maximum absolute atomic E-state index is 9.67. The third kappa shape index (κ3) is 14.6. The van der Waals surface area contributed by atoms with E-state index in [2.05, 4.69) is 12.7 Å². The van der Waals surface area contributed by atoms with E-state index in [0.717, 1.165) is 12.8 Å². The normalized spacial score (nSPS) is 14.3. The summed E-state index contributed by atoms with van der Waals surface area (Å²) >= 11 is 0. The van der Waals surface area contributed by atoms with Gasteiger partial charge >= 0.3 is 0 Å². The topological polar surface area (TPSA) is 68.1 Å². The molecule has 0 unspecified atom stereocenters. The maximum atomic E-state index is 9.67. The molecule has 0 saturated carbocycles. The monoisotopic (exact) mass is 302 g/mol. The van der Waals surface area contributed by atoms with Gasteiger partial charge in [0, 0.05) is 0 Å². The highest BCUT2D eigenvalue weighted by Crippen LogP contribution is 2.13. The minimum Gasteiger partial charge on any atom is -0.390 e. The fourth-order valence-corrected chi connectivity index (χ4v) is 2.73. The van der Waals surface area contributed by atoms with Crippen LogP contribution in [0.15, 0.2) is 0 Å². The van der Waals surface area contributed by atoms with Crippen LogP contribution in [0.1, 0.15) is 96.8 Å². The molecule has 0 aromatic rings. The largest absolute Gasteiger partial charge is 0.390 e. The minimum absolute atomic E-state index is 0.0143. The summed E-state index contributed by atoms with van der Waals surface area (Å²) in [6.45, 7) is 2.25. The van der Waals surface area contributed by atoms with E-state index < -0.39 is 6.10 Å². The molecule has 0 radical (unpaired) electrons. The second kappa shape index (κ2) is 16.3. The molecule has 2 atom stereocenters. The molecule has 0 aliphatic heterocycles. The summed E-state index contributed by atoms with van der Waals surface area (Å²) < 4.78 is 0. The predicted octanol–water partition coefficient (Wildman–Crippen LogP) is 3.43. The lowest BCUT2D eigenvalue weighted by Crippen LogP contribution is -2.68. The lowest BCUT2D eigenvalue weighted by Gasteiger charge is -2.13. The lowest BCUT2D eigenvalue weighted by atomic mass is 10.0. The summed E-state index contributed by atoms with van der Waals surface area (Å²) in [5, 5.41) is 18.6. The van der Waals surface area contributed by atoms with Crippen LogP contribution in [0.5, 0.6) is 0 Å². The zero-order chi connectivity index (χ0) is 15.8. The molecule has 5 N–H and O–H groups in total. The van der Waals surface area contributed by atoms with Crippen molar-refractivity contribution in [1.29, 1.82) is 0 Å². The molecule has 0 aliphatic rings. The maximum Gasteiger partial charge on any atom is 0.134 e. The van der Waals surface area contributed by atoms with E-state index in [0.29, 0.717) is 0 Å². The molecule has 0 fully saturated rings. The quantitative estimate of drug-likeness (QED) is 0.382. The van der Waals surface area contributed by atoms with Crippen molar-refractivity contribution in [1.82, 2.24) is 0 Å². The van der Waals surface area contributed by atoms with E-state index >= 15 is 0 Å². The number of quaternary nitrogens is 1. The molecule has 21 heavy (non-hydrogen) atoms. The van der Waals surface area contributed by atoms with Crippen LogP contribution in [-0.2, 0) is 0 Å². The number of aliphatic hydroxyl groups is 2. The minimum atomic E-state index is -0.428. The summed E-state index contributed by atoms with van der Waals surface area (Å²) in [7, 11) is 0. The van der Waals surface area contributed by atoms with E-state index in [-0.39, 0.29) is 12.6 Å². The van der Waals surface area contributed by atoms with Crippen molar-refractivity contribution in [2.45, 2.75) is 109 Å². The number of unbranched alkanes of at least 4 members (excludes halogenated alkanes) is 12. The van der Waals surface area contributed by atoms with Gasteiger partial charge in [0.15, 0.2) is 0 Å². The van der Waals surface area contributed by atoms with Crippen molar-refractivity contribution in [2.24, 2.45) is 0 Å². The molecule has 0 aromatic heterocycles. The fraction of sp³-hybridized carbons (Fsp3) is 1.00. The Morgan fingerprint density at radius 2 is 1.10 bits per heavy atom. The van der Waals surface area contributed by atoms with Gasteiger partial charge in [-0.15, -0.1) is 0 Å². The molecule has 0 bridgehead atoms. The first-order valence-electron chi connectivity index (χ1n) is 9.34. The van der Waals surface area contributed by atoms with E-state index in [9.17, 15) is 5.11 Å². The Hall–Kier alpha value is -0.120. The van der Waals surface area contributed by atoms with Gasteiger partial charge in [-0.2, -0.15) is 0 Å². The number of rotatable bonds is 16. The molecule has 3 nitrogen and oxygen atoms in total. The van der Waals surface area contributed by atoms with Gasteiger partial charge in [0.1, 0.15) is 12.1 Å². The Morgan fingerprint density at radius 3 is 1.48 bits per heavy atom. The van der Waals surface area contributed by atoms with E-state index in [1.165, 1.54) is 77.0 Å². The molecule has 0 spiro atoms. The van der Waals surface area contributed by atoms with Crippen LogP contribution in [-0.4, -0.2) is 29.0 Å². The molecule has 128 valence electrons. The average Bonchev–Trinajstić information content (AvgIpc) is 2.50. The zero-order valence-electron chi connectivity index (χ0n) is 14.4. The molecular formula is C18H40NO2+. The Bertz CT molecular complexity index is 200. The highest BCUT2D eigenvalue weighted by molar-refractivity contribution is 4.64. The summed E-state index contributed by atoms with van der Waals surface area (Å²) in [4.78, 5) is 0. The molecule has 3 heteroatoms. The van der Waals surface area contributed by atoms with Gasteiger partial charge in [0.05, 0.1) is 6.61 Å². The van der Waals surface area contributed by atoms with Crippen molar-refractivity contribution in [2.75, 3.05) is 6.61 Å². The van der Waals surface area contributed by atoms with Crippen molar-refractivity contribution in [3.63, 3.8) is 0 Å². The smallest absolute Gasteiger partial charge is 0.134 e. The first-order valence-corrected chi connectivity index (χ1v) is 9.34.